The van der Waals surface area contributed by atoms with Crippen molar-refractivity contribution in [2.45, 2.75) is 25.3 Å². The fourth-order valence-electron chi connectivity index (χ4n) is 2.60. The molecule has 2 rings (SSSR count). The van der Waals surface area contributed by atoms with E-state index in [0.717, 1.165) is 18.7 Å². The number of likely N-dealkylation sites (tertiary alicyclic amines) is 1. The zero-order valence-corrected chi connectivity index (χ0v) is 11.4. The molecule has 0 bridgehead atoms. The first-order valence-electron chi connectivity index (χ1n) is 6.94. The van der Waals surface area contributed by atoms with E-state index in [1.807, 2.05) is 30.3 Å². The second-order valence-electron chi connectivity index (χ2n) is 5.04. The Bertz CT molecular complexity index is 455. The van der Waals surface area contributed by atoms with Gasteiger partial charge in [-0.05, 0) is 31.5 Å². The second kappa shape index (κ2) is 7.05. The van der Waals surface area contributed by atoms with Gasteiger partial charge in [0.1, 0.15) is 6.42 Å². The number of carbonyl (C=O) groups excluding carboxylic acids is 1. The van der Waals surface area contributed by atoms with E-state index in [4.69, 9.17) is 5.11 Å². The van der Waals surface area contributed by atoms with Crippen LogP contribution in [0.5, 0.6) is 0 Å². The van der Waals surface area contributed by atoms with E-state index in [1.54, 1.807) is 0 Å². The summed E-state index contributed by atoms with van der Waals surface area (Å²) >= 11 is 0. The van der Waals surface area contributed by atoms with E-state index in [2.05, 4.69) is 10.2 Å². The molecule has 1 saturated heterocycles. The Morgan fingerprint density at radius 3 is 2.45 bits per heavy atom. The minimum Gasteiger partial charge on any atom is -0.481 e. The van der Waals surface area contributed by atoms with Crippen molar-refractivity contribution in [3.8, 4) is 0 Å². The lowest BCUT2D eigenvalue weighted by Crippen LogP contribution is -2.37. The number of carboxylic acids is 1. The van der Waals surface area contributed by atoms with Gasteiger partial charge in [-0.3, -0.25) is 14.5 Å². The molecule has 1 aromatic rings. The number of hydrogen-bond donors (Lipinski definition) is 2. The number of carboxylic acid groups (broad SMARTS) is 1. The van der Waals surface area contributed by atoms with Crippen molar-refractivity contribution in [3.05, 3.63) is 35.9 Å². The smallest absolute Gasteiger partial charge is 0.312 e. The van der Waals surface area contributed by atoms with Crippen LogP contribution in [0.25, 0.3) is 0 Å². The summed E-state index contributed by atoms with van der Waals surface area (Å²) in [6, 6.07) is 10.2. The summed E-state index contributed by atoms with van der Waals surface area (Å²) in [5.74, 6) is -1.53. The summed E-state index contributed by atoms with van der Waals surface area (Å²) in [7, 11) is 0. The standard InChI is InChI=1S/C15H20N2O3/c18-14(10-15(19)20)16-11-13(17-8-4-5-9-17)12-6-2-1-3-7-12/h1-3,6-7,13H,4-5,8-11H2,(H,16,18)(H,19,20). The molecule has 1 atom stereocenters. The normalized spacial score (nSPS) is 16.8. The lowest BCUT2D eigenvalue weighted by atomic mass is 10.1. The molecule has 0 radical (unpaired) electrons. The van der Waals surface area contributed by atoms with Gasteiger partial charge in [-0.25, -0.2) is 0 Å². The first-order chi connectivity index (χ1) is 9.66. The SMILES string of the molecule is O=C(O)CC(=O)NCC(c1ccccc1)N1CCCC1. The molecule has 1 unspecified atom stereocenters. The van der Waals surface area contributed by atoms with Crippen molar-refractivity contribution in [2.75, 3.05) is 19.6 Å². The van der Waals surface area contributed by atoms with Gasteiger partial charge in [-0.15, -0.1) is 0 Å². The van der Waals surface area contributed by atoms with Gasteiger partial charge in [0.05, 0.1) is 6.04 Å². The van der Waals surface area contributed by atoms with Crippen LogP contribution in [0, 0.1) is 0 Å². The third kappa shape index (κ3) is 4.06. The van der Waals surface area contributed by atoms with Crippen LogP contribution in [0.3, 0.4) is 0 Å². The number of benzene rings is 1. The lowest BCUT2D eigenvalue weighted by Gasteiger charge is -2.28. The Balaban J connectivity index is 2.00. The monoisotopic (exact) mass is 276 g/mol. The van der Waals surface area contributed by atoms with Crippen LogP contribution in [0.15, 0.2) is 30.3 Å². The number of nitrogens with one attached hydrogen (secondary N) is 1. The van der Waals surface area contributed by atoms with Gasteiger partial charge in [0.15, 0.2) is 0 Å². The van der Waals surface area contributed by atoms with Crippen LogP contribution < -0.4 is 5.32 Å². The van der Waals surface area contributed by atoms with Crippen LogP contribution in [0.1, 0.15) is 30.9 Å². The van der Waals surface area contributed by atoms with Gasteiger partial charge in [0, 0.05) is 6.54 Å². The summed E-state index contributed by atoms with van der Waals surface area (Å²) in [5, 5.41) is 11.3. The molecule has 20 heavy (non-hydrogen) atoms. The Morgan fingerprint density at radius 1 is 1.20 bits per heavy atom. The highest BCUT2D eigenvalue weighted by molar-refractivity contribution is 5.93. The zero-order valence-electron chi connectivity index (χ0n) is 11.4. The van der Waals surface area contributed by atoms with Crippen LogP contribution in [0.4, 0.5) is 0 Å². The number of rotatable bonds is 6. The average molecular weight is 276 g/mol. The molecule has 5 heteroatoms. The fraction of sp³-hybridized carbons (Fsp3) is 0.467. The Kier molecular flexibility index (Phi) is 5.12. The fourth-order valence-corrected chi connectivity index (χ4v) is 2.60. The van der Waals surface area contributed by atoms with Crippen LogP contribution >= 0.6 is 0 Å². The van der Waals surface area contributed by atoms with Crippen molar-refractivity contribution >= 4 is 11.9 Å². The Morgan fingerprint density at radius 2 is 1.85 bits per heavy atom. The molecule has 5 nitrogen and oxygen atoms in total. The first-order valence-corrected chi connectivity index (χ1v) is 6.94. The maximum absolute atomic E-state index is 11.5. The predicted molar refractivity (Wildman–Crippen MR) is 75.3 cm³/mol. The van der Waals surface area contributed by atoms with Crippen LogP contribution in [-0.4, -0.2) is 41.5 Å². The highest BCUT2D eigenvalue weighted by Crippen LogP contribution is 2.24. The molecule has 1 aliphatic rings. The van der Waals surface area contributed by atoms with E-state index in [0.29, 0.717) is 6.54 Å². The maximum atomic E-state index is 11.5. The second-order valence-corrected chi connectivity index (χ2v) is 5.04. The molecule has 1 amide bonds. The van der Waals surface area contributed by atoms with E-state index in [9.17, 15) is 9.59 Å². The quantitative estimate of drug-likeness (QED) is 0.771. The molecule has 108 valence electrons. The van der Waals surface area contributed by atoms with E-state index in [-0.39, 0.29) is 6.04 Å². The maximum Gasteiger partial charge on any atom is 0.312 e. The van der Waals surface area contributed by atoms with Crippen molar-refractivity contribution in [1.82, 2.24) is 10.2 Å². The van der Waals surface area contributed by atoms with Crippen molar-refractivity contribution < 1.29 is 14.7 Å². The van der Waals surface area contributed by atoms with E-state index < -0.39 is 18.3 Å². The van der Waals surface area contributed by atoms with Crippen molar-refractivity contribution in [2.24, 2.45) is 0 Å². The van der Waals surface area contributed by atoms with Crippen molar-refractivity contribution in [1.29, 1.82) is 0 Å². The van der Waals surface area contributed by atoms with E-state index >= 15 is 0 Å². The molecule has 0 spiro atoms. The summed E-state index contributed by atoms with van der Waals surface area (Å²) in [5.41, 5.74) is 1.16. The summed E-state index contributed by atoms with van der Waals surface area (Å²) in [6.45, 7) is 2.50. The number of amides is 1. The number of nitrogens with zero attached hydrogens (tertiary/aromatic N) is 1. The highest BCUT2D eigenvalue weighted by atomic mass is 16.4. The van der Waals surface area contributed by atoms with Crippen molar-refractivity contribution in [3.63, 3.8) is 0 Å². The summed E-state index contributed by atoms with van der Waals surface area (Å²) < 4.78 is 0. The molecular formula is C15H20N2O3. The minimum atomic E-state index is -1.10. The summed E-state index contributed by atoms with van der Waals surface area (Å²) in [6.07, 6.45) is 1.88. The van der Waals surface area contributed by atoms with Gasteiger partial charge >= 0.3 is 5.97 Å². The largest absolute Gasteiger partial charge is 0.481 e. The third-order valence-corrected chi connectivity index (χ3v) is 3.57. The topological polar surface area (TPSA) is 69.6 Å². The van der Waals surface area contributed by atoms with Gasteiger partial charge in [0.25, 0.3) is 0 Å². The number of aliphatic carboxylic acids is 1. The zero-order chi connectivity index (χ0) is 14.4. The first kappa shape index (κ1) is 14.5. The number of carbonyl (C=O) groups is 2. The third-order valence-electron chi connectivity index (χ3n) is 3.57. The van der Waals surface area contributed by atoms with Gasteiger partial charge < -0.3 is 10.4 Å². The Hall–Kier alpha value is -1.88. The van der Waals surface area contributed by atoms with Gasteiger partial charge in [-0.2, -0.15) is 0 Å². The highest BCUT2D eigenvalue weighted by Gasteiger charge is 2.23. The molecular weight excluding hydrogens is 256 g/mol. The molecule has 1 heterocycles. The molecule has 0 aliphatic carbocycles. The van der Waals surface area contributed by atoms with Crippen LogP contribution in [-0.2, 0) is 9.59 Å². The average Bonchev–Trinajstić information content (AvgIpc) is 2.93. The van der Waals surface area contributed by atoms with Crippen LogP contribution in [0.2, 0.25) is 0 Å². The Labute approximate surface area is 118 Å². The number of hydrogen-bond acceptors (Lipinski definition) is 3. The molecule has 0 saturated carbocycles. The summed E-state index contributed by atoms with van der Waals surface area (Å²) in [4.78, 5) is 24.3. The molecule has 1 fully saturated rings. The lowest BCUT2D eigenvalue weighted by molar-refractivity contribution is -0.140. The molecule has 1 aliphatic heterocycles. The minimum absolute atomic E-state index is 0.122. The molecule has 0 aromatic heterocycles. The molecule has 1 aromatic carbocycles. The van der Waals surface area contributed by atoms with Gasteiger partial charge in [-0.1, -0.05) is 30.3 Å². The predicted octanol–water partition coefficient (Wildman–Crippen LogP) is 1.41. The van der Waals surface area contributed by atoms with E-state index in [1.165, 1.54) is 12.8 Å². The molecule has 2 N–H and O–H groups in total. The van der Waals surface area contributed by atoms with Gasteiger partial charge in [0.2, 0.25) is 5.91 Å².